The second-order valence-corrected chi connectivity index (χ2v) is 5.33. The molecule has 0 aliphatic heterocycles. The monoisotopic (exact) mass is 314 g/mol. The van der Waals surface area contributed by atoms with Crippen molar-refractivity contribution >= 4 is 6.03 Å². The van der Waals surface area contributed by atoms with Crippen molar-refractivity contribution in [3.05, 3.63) is 65.7 Å². The highest BCUT2D eigenvalue weighted by molar-refractivity contribution is 5.74. The molecule has 2 aromatic carbocycles. The van der Waals surface area contributed by atoms with Crippen molar-refractivity contribution in [3.8, 4) is 5.75 Å². The molecule has 0 aromatic heterocycles. The lowest BCUT2D eigenvalue weighted by atomic mass is 10.1. The molecule has 0 heterocycles. The molecule has 0 spiro atoms. The fourth-order valence-electron chi connectivity index (χ4n) is 1.94. The Morgan fingerprint density at radius 1 is 1.09 bits per heavy atom. The summed E-state index contributed by atoms with van der Waals surface area (Å²) in [6.07, 6.45) is 0. The van der Waals surface area contributed by atoms with Crippen LogP contribution in [0.15, 0.2) is 54.6 Å². The molecule has 2 rings (SSSR count). The van der Waals surface area contributed by atoms with Crippen LogP contribution in [0.3, 0.4) is 0 Å². The number of hydrogen-bond acceptors (Lipinski definition) is 3. The summed E-state index contributed by atoms with van der Waals surface area (Å²) in [5.74, 6) is 0.841. The molecule has 0 saturated carbocycles. The molecule has 0 radical (unpaired) electrons. The summed E-state index contributed by atoms with van der Waals surface area (Å²) >= 11 is 0. The zero-order valence-electron chi connectivity index (χ0n) is 13.2. The summed E-state index contributed by atoms with van der Waals surface area (Å²) in [4.78, 5) is 11.6. The van der Waals surface area contributed by atoms with Gasteiger partial charge in [-0.15, -0.1) is 0 Å². The van der Waals surface area contributed by atoms with Crippen molar-refractivity contribution in [1.82, 2.24) is 10.6 Å². The van der Waals surface area contributed by atoms with Gasteiger partial charge in [0.25, 0.3) is 0 Å². The Morgan fingerprint density at radius 3 is 2.39 bits per heavy atom. The van der Waals surface area contributed by atoms with Crippen molar-refractivity contribution in [2.24, 2.45) is 0 Å². The number of carbonyl (C=O) groups excluding carboxylic acids is 1. The summed E-state index contributed by atoms with van der Waals surface area (Å²) < 4.78 is 5.68. The van der Waals surface area contributed by atoms with Crippen LogP contribution in [0.4, 0.5) is 4.79 Å². The highest BCUT2D eigenvalue weighted by Crippen LogP contribution is 2.12. The Balaban J connectivity index is 1.77. The smallest absolute Gasteiger partial charge is 0.315 e. The van der Waals surface area contributed by atoms with E-state index in [1.54, 1.807) is 6.92 Å². The maximum atomic E-state index is 11.6. The van der Waals surface area contributed by atoms with E-state index in [0.717, 1.165) is 16.9 Å². The van der Waals surface area contributed by atoms with E-state index in [9.17, 15) is 4.79 Å². The molecule has 2 aromatic rings. The van der Waals surface area contributed by atoms with Gasteiger partial charge in [0.2, 0.25) is 0 Å². The molecule has 0 aliphatic rings. The molecular formula is C18H22N2O3. The quantitative estimate of drug-likeness (QED) is 0.735. The molecule has 0 saturated heterocycles. The first-order valence-electron chi connectivity index (χ1n) is 7.58. The van der Waals surface area contributed by atoms with E-state index in [1.807, 2.05) is 54.6 Å². The van der Waals surface area contributed by atoms with Crippen LogP contribution in [0.1, 0.15) is 18.1 Å². The summed E-state index contributed by atoms with van der Waals surface area (Å²) in [6.45, 7) is 2.60. The molecule has 23 heavy (non-hydrogen) atoms. The van der Waals surface area contributed by atoms with Crippen LogP contribution in [0, 0.1) is 0 Å². The van der Waals surface area contributed by atoms with Crippen LogP contribution in [0.2, 0.25) is 0 Å². The van der Waals surface area contributed by atoms with E-state index >= 15 is 0 Å². The van der Waals surface area contributed by atoms with Crippen molar-refractivity contribution < 1.29 is 14.6 Å². The van der Waals surface area contributed by atoms with Gasteiger partial charge in [-0.25, -0.2) is 4.79 Å². The van der Waals surface area contributed by atoms with Gasteiger partial charge < -0.3 is 20.5 Å². The fraction of sp³-hybridized carbons (Fsp3) is 0.278. The predicted molar refractivity (Wildman–Crippen MR) is 89.1 cm³/mol. The number of rotatable bonds is 7. The molecular weight excluding hydrogens is 292 g/mol. The van der Waals surface area contributed by atoms with Crippen molar-refractivity contribution in [2.45, 2.75) is 26.1 Å². The van der Waals surface area contributed by atoms with E-state index in [1.165, 1.54) is 0 Å². The van der Waals surface area contributed by atoms with Crippen LogP contribution >= 0.6 is 0 Å². The third kappa shape index (κ3) is 6.00. The first-order chi connectivity index (χ1) is 11.2. The third-order valence-corrected chi connectivity index (χ3v) is 3.28. The number of benzene rings is 2. The van der Waals surface area contributed by atoms with E-state index < -0.39 is 0 Å². The zero-order valence-corrected chi connectivity index (χ0v) is 13.2. The number of aliphatic hydroxyl groups is 1. The van der Waals surface area contributed by atoms with Crippen LogP contribution in [-0.4, -0.2) is 23.8 Å². The first kappa shape index (κ1) is 16.8. The summed E-state index contributed by atoms with van der Waals surface area (Å²) in [6, 6.07) is 17.0. The van der Waals surface area contributed by atoms with E-state index in [-0.39, 0.29) is 18.7 Å². The summed E-state index contributed by atoms with van der Waals surface area (Å²) in [5.41, 5.74) is 2.07. The molecule has 0 bridgehead atoms. The third-order valence-electron chi connectivity index (χ3n) is 3.28. The molecule has 122 valence electrons. The number of hydrogen-bond donors (Lipinski definition) is 3. The van der Waals surface area contributed by atoms with Gasteiger partial charge in [0.1, 0.15) is 12.4 Å². The topological polar surface area (TPSA) is 70.6 Å². The van der Waals surface area contributed by atoms with Crippen molar-refractivity contribution in [1.29, 1.82) is 0 Å². The Kier molecular flexibility index (Phi) is 6.44. The predicted octanol–water partition coefficient (Wildman–Crippen LogP) is 2.45. The number of ether oxygens (including phenoxy) is 1. The minimum Gasteiger partial charge on any atom is -0.489 e. The standard InChI is InChI=1S/C18H22N2O3/c1-14(12-21)20-18(22)19-11-15-7-9-16(10-8-15)13-23-17-5-3-2-4-6-17/h2-10,14,21H,11-13H2,1H3,(H2,19,20,22)/t14-/m0/s1. The SMILES string of the molecule is C[C@@H](CO)NC(=O)NCc1ccc(COc2ccccc2)cc1. The Morgan fingerprint density at radius 2 is 1.74 bits per heavy atom. The van der Waals surface area contributed by atoms with Gasteiger partial charge in [0, 0.05) is 6.54 Å². The molecule has 3 N–H and O–H groups in total. The van der Waals surface area contributed by atoms with Gasteiger partial charge in [0.15, 0.2) is 0 Å². The highest BCUT2D eigenvalue weighted by atomic mass is 16.5. The largest absolute Gasteiger partial charge is 0.489 e. The van der Waals surface area contributed by atoms with Gasteiger partial charge in [-0.2, -0.15) is 0 Å². The molecule has 2 amide bonds. The molecule has 0 aliphatic carbocycles. The molecule has 1 atom stereocenters. The maximum Gasteiger partial charge on any atom is 0.315 e. The molecule has 0 unspecified atom stereocenters. The van der Waals surface area contributed by atoms with Crippen LogP contribution in [0.5, 0.6) is 5.75 Å². The first-order valence-corrected chi connectivity index (χ1v) is 7.58. The average Bonchev–Trinajstić information content (AvgIpc) is 2.60. The summed E-state index contributed by atoms with van der Waals surface area (Å²) in [5, 5.41) is 14.3. The number of para-hydroxylation sites is 1. The van der Waals surface area contributed by atoms with Crippen LogP contribution < -0.4 is 15.4 Å². The van der Waals surface area contributed by atoms with Gasteiger partial charge in [0.05, 0.1) is 12.6 Å². The molecule has 5 nitrogen and oxygen atoms in total. The second kappa shape index (κ2) is 8.80. The van der Waals surface area contributed by atoms with Gasteiger partial charge >= 0.3 is 6.03 Å². The Labute approximate surface area is 136 Å². The summed E-state index contributed by atoms with van der Waals surface area (Å²) in [7, 11) is 0. The molecule has 0 fully saturated rings. The lowest BCUT2D eigenvalue weighted by Crippen LogP contribution is -2.41. The number of urea groups is 1. The van der Waals surface area contributed by atoms with E-state index in [4.69, 9.17) is 9.84 Å². The van der Waals surface area contributed by atoms with E-state index in [2.05, 4.69) is 10.6 Å². The highest BCUT2D eigenvalue weighted by Gasteiger charge is 2.05. The Bertz CT molecular complexity index is 599. The number of aliphatic hydroxyl groups excluding tert-OH is 1. The zero-order chi connectivity index (χ0) is 16.5. The Hall–Kier alpha value is -2.53. The van der Waals surface area contributed by atoms with Crippen LogP contribution in [-0.2, 0) is 13.2 Å². The van der Waals surface area contributed by atoms with Gasteiger partial charge in [-0.3, -0.25) is 0 Å². The van der Waals surface area contributed by atoms with Gasteiger partial charge in [-0.1, -0.05) is 42.5 Å². The number of carbonyl (C=O) groups is 1. The minimum absolute atomic E-state index is 0.0798. The minimum atomic E-state index is -0.289. The molecule has 5 heteroatoms. The fourth-order valence-corrected chi connectivity index (χ4v) is 1.94. The number of amides is 2. The van der Waals surface area contributed by atoms with Crippen LogP contribution in [0.25, 0.3) is 0 Å². The number of nitrogens with one attached hydrogen (secondary N) is 2. The van der Waals surface area contributed by atoms with Gasteiger partial charge in [-0.05, 0) is 30.2 Å². The van der Waals surface area contributed by atoms with E-state index in [0.29, 0.717) is 13.2 Å². The second-order valence-electron chi connectivity index (χ2n) is 5.33. The normalized spacial score (nSPS) is 11.6. The lowest BCUT2D eigenvalue weighted by Gasteiger charge is -2.12. The lowest BCUT2D eigenvalue weighted by molar-refractivity contribution is 0.220. The maximum absolute atomic E-state index is 11.6. The average molecular weight is 314 g/mol. The van der Waals surface area contributed by atoms with Crippen molar-refractivity contribution in [3.63, 3.8) is 0 Å². The van der Waals surface area contributed by atoms with Crippen molar-refractivity contribution in [2.75, 3.05) is 6.61 Å².